The minimum Gasteiger partial charge on any atom is -0.258 e. The predicted octanol–water partition coefficient (Wildman–Crippen LogP) is 3.11. The summed E-state index contributed by atoms with van der Waals surface area (Å²) in [5.74, 6) is 0.181. The van der Waals surface area contributed by atoms with Gasteiger partial charge in [0, 0.05) is 5.25 Å². The van der Waals surface area contributed by atoms with Crippen molar-refractivity contribution < 1.29 is 4.39 Å². The van der Waals surface area contributed by atoms with Crippen molar-refractivity contribution in [2.75, 3.05) is 0 Å². The Balaban J connectivity index is 2.28. The Labute approximate surface area is 97.5 Å². The first-order valence-electron chi connectivity index (χ1n) is 5.01. The van der Waals surface area contributed by atoms with Crippen molar-refractivity contribution in [3.8, 4) is 11.4 Å². The van der Waals surface area contributed by atoms with Gasteiger partial charge in [0.15, 0.2) is 5.82 Å². The van der Waals surface area contributed by atoms with Gasteiger partial charge in [-0.3, -0.25) is 5.10 Å². The molecule has 0 saturated heterocycles. The number of nitrogens with one attached hydrogen (secondary N) is 1. The van der Waals surface area contributed by atoms with Crippen molar-refractivity contribution in [2.45, 2.75) is 24.3 Å². The summed E-state index contributed by atoms with van der Waals surface area (Å²) < 4.78 is 13.5. The third-order valence-corrected chi connectivity index (χ3v) is 2.80. The van der Waals surface area contributed by atoms with Crippen LogP contribution in [0.25, 0.3) is 11.4 Å². The summed E-state index contributed by atoms with van der Waals surface area (Å²) in [6.07, 6.45) is 0. The van der Waals surface area contributed by atoms with Crippen LogP contribution in [0.5, 0.6) is 0 Å². The van der Waals surface area contributed by atoms with E-state index < -0.39 is 0 Å². The molecule has 1 N–H and O–H groups in total. The van der Waals surface area contributed by atoms with Gasteiger partial charge in [-0.25, -0.2) is 9.37 Å². The van der Waals surface area contributed by atoms with Gasteiger partial charge >= 0.3 is 0 Å². The largest absolute Gasteiger partial charge is 0.258 e. The molecule has 0 unspecified atom stereocenters. The summed E-state index contributed by atoms with van der Waals surface area (Å²) in [5, 5.41) is 7.83. The van der Waals surface area contributed by atoms with Crippen LogP contribution >= 0.6 is 11.8 Å². The molecule has 2 aromatic rings. The van der Waals surface area contributed by atoms with Crippen LogP contribution in [0, 0.1) is 5.82 Å². The van der Waals surface area contributed by atoms with Crippen molar-refractivity contribution >= 4 is 11.8 Å². The molecule has 0 bridgehead atoms. The maximum atomic E-state index is 13.5. The number of halogens is 1. The lowest BCUT2D eigenvalue weighted by Crippen LogP contribution is -1.87. The Bertz CT molecular complexity index is 482. The number of H-pyrrole nitrogens is 1. The third kappa shape index (κ3) is 2.41. The lowest BCUT2D eigenvalue weighted by Gasteiger charge is -1.98. The fourth-order valence-electron chi connectivity index (χ4n) is 1.28. The van der Waals surface area contributed by atoms with Crippen molar-refractivity contribution in [3.05, 3.63) is 30.1 Å². The van der Waals surface area contributed by atoms with Gasteiger partial charge < -0.3 is 0 Å². The van der Waals surface area contributed by atoms with Gasteiger partial charge in [-0.15, -0.1) is 5.10 Å². The van der Waals surface area contributed by atoms with Gasteiger partial charge in [-0.1, -0.05) is 37.7 Å². The first kappa shape index (κ1) is 11.1. The van der Waals surface area contributed by atoms with E-state index in [1.165, 1.54) is 6.07 Å². The van der Waals surface area contributed by atoms with Crippen molar-refractivity contribution in [3.63, 3.8) is 0 Å². The second-order valence-electron chi connectivity index (χ2n) is 3.61. The van der Waals surface area contributed by atoms with Crippen molar-refractivity contribution in [2.24, 2.45) is 0 Å². The van der Waals surface area contributed by atoms with Gasteiger partial charge in [0.2, 0.25) is 5.16 Å². The Morgan fingerprint density at radius 2 is 2.06 bits per heavy atom. The maximum Gasteiger partial charge on any atom is 0.208 e. The molecule has 0 amide bonds. The lowest BCUT2D eigenvalue weighted by atomic mass is 10.2. The van der Waals surface area contributed by atoms with E-state index in [0.29, 0.717) is 21.8 Å². The van der Waals surface area contributed by atoms with E-state index in [1.54, 1.807) is 30.0 Å². The van der Waals surface area contributed by atoms with Crippen molar-refractivity contribution in [1.82, 2.24) is 15.2 Å². The fourth-order valence-corrected chi connectivity index (χ4v) is 1.95. The number of nitrogens with zero attached hydrogens (tertiary/aromatic N) is 2. The zero-order valence-electron chi connectivity index (χ0n) is 9.07. The van der Waals surface area contributed by atoms with Crippen LogP contribution in [-0.2, 0) is 0 Å². The molecule has 1 aromatic heterocycles. The first-order chi connectivity index (χ1) is 7.66. The number of thioether (sulfide) groups is 1. The summed E-state index contributed by atoms with van der Waals surface area (Å²) in [6, 6.07) is 6.52. The smallest absolute Gasteiger partial charge is 0.208 e. The van der Waals surface area contributed by atoms with E-state index in [0.717, 1.165) is 0 Å². The Kier molecular flexibility index (Phi) is 3.24. The molecule has 0 radical (unpaired) electrons. The van der Waals surface area contributed by atoms with Crippen molar-refractivity contribution in [1.29, 1.82) is 0 Å². The van der Waals surface area contributed by atoms with Gasteiger partial charge in [-0.05, 0) is 12.1 Å². The van der Waals surface area contributed by atoms with E-state index in [9.17, 15) is 4.39 Å². The monoisotopic (exact) mass is 237 g/mol. The minimum atomic E-state index is -0.292. The molecule has 1 heterocycles. The van der Waals surface area contributed by atoms with Crippen LogP contribution in [0.1, 0.15) is 13.8 Å². The topological polar surface area (TPSA) is 41.6 Å². The number of rotatable bonds is 3. The van der Waals surface area contributed by atoms with Gasteiger partial charge in [-0.2, -0.15) is 0 Å². The molecule has 0 aliphatic carbocycles. The molecule has 5 heteroatoms. The van der Waals surface area contributed by atoms with E-state index in [4.69, 9.17) is 0 Å². The van der Waals surface area contributed by atoms with Gasteiger partial charge in [0.1, 0.15) is 5.82 Å². The van der Waals surface area contributed by atoms with Crippen LogP contribution in [0.2, 0.25) is 0 Å². The van der Waals surface area contributed by atoms with E-state index in [-0.39, 0.29) is 5.82 Å². The van der Waals surface area contributed by atoms with Gasteiger partial charge in [0.05, 0.1) is 5.56 Å². The van der Waals surface area contributed by atoms with E-state index in [2.05, 4.69) is 29.0 Å². The fraction of sp³-hybridized carbons (Fsp3) is 0.273. The van der Waals surface area contributed by atoms with E-state index >= 15 is 0 Å². The number of aromatic nitrogens is 3. The second-order valence-corrected chi connectivity index (χ2v) is 5.16. The molecule has 3 nitrogen and oxygen atoms in total. The highest BCUT2D eigenvalue weighted by Crippen LogP contribution is 2.23. The van der Waals surface area contributed by atoms with Crippen LogP contribution in [0.3, 0.4) is 0 Å². The molecular formula is C11H12FN3S. The molecule has 84 valence electrons. The predicted molar refractivity (Wildman–Crippen MR) is 62.8 cm³/mol. The average molecular weight is 237 g/mol. The molecule has 0 aliphatic rings. The Morgan fingerprint density at radius 1 is 1.31 bits per heavy atom. The minimum absolute atomic E-state index is 0.292. The SMILES string of the molecule is CC(C)Sc1n[nH]c(-c2ccccc2F)n1. The summed E-state index contributed by atoms with van der Waals surface area (Å²) in [5.41, 5.74) is 0.450. The average Bonchev–Trinajstić information content (AvgIpc) is 2.66. The standard InChI is InChI=1S/C11H12FN3S/c1-7(2)16-11-13-10(14-15-11)8-5-3-4-6-9(8)12/h3-7H,1-2H3,(H,13,14,15). The van der Waals surface area contributed by atoms with Crippen LogP contribution < -0.4 is 0 Å². The third-order valence-electron chi connectivity index (χ3n) is 1.93. The molecule has 0 atom stereocenters. The van der Waals surface area contributed by atoms with Gasteiger partial charge in [0.25, 0.3) is 0 Å². The summed E-state index contributed by atoms with van der Waals surface area (Å²) in [7, 11) is 0. The number of aromatic amines is 1. The molecule has 0 spiro atoms. The molecule has 0 fully saturated rings. The van der Waals surface area contributed by atoms with E-state index in [1.807, 2.05) is 0 Å². The summed E-state index contributed by atoms with van der Waals surface area (Å²) >= 11 is 1.54. The molecule has 0 aliphatic heterocycles. The van der Waals surface area contributed by atoms with Crippen LogP contribution in [-0.4, -0.2) is 20.4 Å². The summed E-state index contributed by atoms with van der Waals surface area (Å²) in [6.45, 7) is 4.12. The highest BCUT2D eigenvalue weighted by Gasteiger charge is 2.10. The number of benzene rings is 1. The molecule has 1 aromatic carbocycles. The zero-order valence-corrected chi connectivity index (χ0v) is 9.88. The molecule has 16 heavy (non-hydrogen) atoms. The first-order valence-corrected chi connectivity index (χ1v) is 5.88. The number of hydrogen-bond donors (Lipinski definition) is 1. The maximum absolute atomic E-state index is 13.5. The highest BCUT2D eigenvalue weighted by atomic mass is 32.2. The summed E-state index contributed by atoms with van der Waals surface area (Å²) in [4.78, 5) is 4.24. The second kappa shape index (κ2) is 4.65. The highest BCUT2D eigenvalue weighted by molar-refractivity contribution is 7.99. The quantitative estimate of drug-likeness (QED) is 0.834. The Morgan fingerprint density at radius 3 is 2.75 bits per heavy atom. The normalized spacial score (nSPS) is 11.0. The molecule has 0 saturated carbocycles. The Hall–Kier alpha value is -1.36. The number of hydrogen-bond acceptors (Lipinski definition) is 3. The zero-order chi connectivity index (χ0) is 11.5. The van der Waals surface area contributed by atoms with Crippen LogP contribution in [0.4, 0.5) is 4.39 Å². The van der Waals surface area contributed by atoms with Crippen LogP contribution in [0.15, 0.2) is 29.4 Å². The molecule has 2 rings (SSSR count). The molecular weight excluding hydrogens is 225 g/mol. The lowest BCUT2D eigenvalue weighted by molar-refractivity contribution is 0.630.